The molecule has 0 aliphatic heterocycles. The highest BCUT2D eigenvalue weighted by Gasteiger charge is 2.62. The maximum atomic E-state index is 12.6. The van der Waals surface area contributed by atoms with Gasteiger partial charge in [0.25, 0.3) is 0 Å². The first-order valence-electron chi connectivity index (χ1n) is 26.8. The fourth-order valence-corrected chi connectivity index (χ4v) is 17.2. The highest BCUT2D eigenvalue weighted by Crippen LogP contribution is 2.66. The lowest BCUT2D eigenvalue weighted by atomic mass is 9.55. The molecule has 8 rings (SSSR count). The Hall–Kier alpha value is -2.67. The molecule has 2 aromatic carbocycles. The number of aryl methyl sites for hydroxylation is 2. The van der Waals surface area contributed by atoms with Crippen LogP contribution in [0.25, 0.3) is 0 Å². The van der Waals surface area contributed by atoms with Crippen molar-refractivity contribution in [2.75, 3.05) is 27.4 Å². The Morgan fingerprint density at radius 2 is 0.971 bits per heavy atom. The summed E-state index contributed by atoms with van der Waals surface area (Å²) in [7, 11) is -0.457. The highest BCUT2D eigenvalue weighted by molar-refractivity contribution is 6.74. The van der Waals surface area contributed by atoms with E-state index in [0.29, 0.717) is 61.6 Å². The highest BCUT2D eigenvalue weighted by atomic mass is 28.4. The number of hydrogen-bond acceptors (Lipinski definition) is 8. The molecule has 12 atom stereocenters. The zero-order valence-corrected chi connectivity index (χ0v) is 47.4. The standard InChI is InChI=1S/2C29H46O4Si/c2*1-9-32-26(30)18-20-17-25-24-12-10-19-16-21(31-6)11-13-22(19)23(24)14-15-29(25,5)27(20)33-34(7,8)28(2,3)4/h2*11,13,16,20,23-25,27H,9-10,12,14-15,17-18H2,1-8H3/t2*20-,23+,24+,25-,27-,29-/m00/s1. The van der Waals surface area contributed by atoms with E-state index >= 15 is 0 Å². The predicted octanol–water partition coefficient (Wildman–Crippen LogP) is 14.2. The first-order valence-corrected chi connectivity index (χ1v) is 32.6. The molecule has 0 spiro atoms. The number of carbonyl (C=O) groups excluding carboxylic acids is 2. The van der Waals surface area contributed by atoms with Gasteiger partial charge >= 0.3 is 11.9 Å². The van der Waals surface area contributed by atoms with E-state index in [4.69, 9.17) is 27.8 Å². The van der Waals surface area contributed by atoms with Crippen LogP contribution in [0.2, 0.25) is 36.3 Å². The topological polar surface area (TPSA) is 89.5 Å². The van der Waals surface area contributed by atoms with Crippen LogP contribution in [0.5, 0.6) is 11.5 Å². The molecule has 380 valence electrons. The average molecular weight is 974 g/mol. The summed E-state index contributed by atoms with van der Waals surface area (Å²) in [5.74, 6) is 6.06. The third-order valence-electron chi connectivity index (χ3n) is 19.9. The van der Waals surface area contributed by atoms with Crippen molar-refractivity contribution >= 4 is 28.6 Å². The number of hydrogen-bond donors (Lipinski definition) is 0. The maximum Gasteiger partial charge on any atom is 0.306 e. The summed E-state index contributed by atoms with van der Waals surface area (Å²) in [6, 6.07) is 13.4. The molecule has 68 heavy (non-hydrogen) atoms. The molecule has 0 heterocycles. The number of ether oxygens (including phenoxy) is 4. The van der Waals surface area contributed by atoms with Crippen molar-refractivity contribution in [3.8, 4) is 11.5 Å². The normalized spacial score (nSPS) is 33.0. The van der Waals surface area contributed by atoms with Crippen molar-refractivity contribution in [1.82, 2.24) is 0 Å². The summed E-state index contributed by atoms with van der Waals surface area (Å²) >= 11 is 0. The van der Waals surface area contributed by atoms with Gasteiger partial charge in [0.05, 0.1) is 52.5 Å². The molecule has 6 aliphatic rings. The van der Waals surface area contributed by atoms with Crippen molar-refractivity contribution in [3.05, 3.63) is 58.7 Å². The Bertz CT molecular complexity index is 1960. The van der Waals surface area contributed by atoms with Gasteiger partial charge in [0.15, 0.2) is 16.6 Å². The number of carbonyl (C=O) groups is 2. The first kappa shape index (κ1) is 53.1. The molecule has 2 aromatic rings. The lowest BCUT2D eigenvalue weighted by molar-refractivity contribution is -0.146. The zero-order chi connectivity index (χ0) is 49.8. The van der Waals surface area contributed by atoms with Crippen LogP contribution in [0.4, 0.5) is 0 Å². The molecule has 0 aromatic heterocycles. The summed E-state index contributed by atoms with van der Waals surface area (Å²) in [5, 5.41) is 0.298. The van der Waals surface area contributed by atoms with E-state index in [1.807, 2.05) is 13.8 Å². The second kappa shape index (κ2) is 20.1. The van der Waals surface area contributed by atoms with Crippen molar-refractivity contribution in [3.63, 3.8) is 0 Å². The minimum absolute atomic E-state index is 0.0591. The SMILES string of the molecule is CCOC(=O)C[C@@H]1C[C@H]2[C@@H]3CCc4cc(OC)ccc4[C@H]3CC[C@]2(C)[C@H]1O[Si](C)(C)C(C)(C)C.CCOC(=O)C[C@@H]1C[C@H]2[C@@H]3CCc4cc(OC)ccc4[C@H]3CC[C@]2(C)[C@H]1O[Si](C)(C)C(C)(C)C. The molecule has 4 fully saturated rings. The summed E-state index contributed by atoms with van der Waals surface area (Å²) in [6.07, 6.45) is 12.9. The molecule has 0 radical (unpaired) electrons. The van der Waals surface area contributed by atoms with E-state index < -0.39 is 16.6 Å². The van der Waals surface area contributed by atoms with Crippen LogP contribution in [0.1, 0.15) is 168 Å². The van der Waals surface area contributed by atoms with Gasteiger partial charge in [-0.1, -0.05) is 67.5 Å². The third-order valence-corrected chi connectivity index (χ3v) is 28.8. The van der Waals surface area contributed by atoms with Gasteiger partial charge in [-0.25, -0.2) is 0 Å². The number of benzene rings is 2. The number of esters is 2. The Labute approximate surface area is 414 Å². The average Bonchev–Trinajstić information content (AvgIpc) is 3.70. The minimum atomic E-state index is -1.98. The lowest BCUT2D eigenvalue weighted by Gasteiger charge is -2.52. The van der Waals surface area contributed by atoms with Gasteiger partial charge in [-0.2, -0.15) is 0 Å². The number of methoxy groups -OCH3 is 2. The smallest absolute Gasteiger partial charge is 0.306 e. The van der Waals surface area contributed by atoms with Gasteiger partial charge < -0.3 is 27.8 Å². The Morgan fingerprint density at radius 3 is 1.29 bits per heavy atom. The largest absolute Gasteiger partial charge is 0.497 e. The van der Waals surface area contributed by atoms with Crippen LogP contribution in [0.15, 0.2) is 36.4 Å². The molecule has 0 bridgehead atoms. The number of fused-ring (bicyclic) bond motifs is 10. The van der Waals surface area contributed by atoms with Crippen molar-refractivity contribution in [2.45, 2.75) is 207 Å². The van der Waals surface area contributed by atoms with Gasteiger partial charge in [0.2, 0.25) is 0 Å². The van der Waals surface area contributed by atoms with Crippen LogP contribution < -0.4 is 9.47 Å². The van der Waals surface area contributed by atoms with Gasteiger partial charge in [-0.05, 0) is 219 Å². The van der Waals surface area contributed by atoms with E-state index in [0.717, 1.165) is 37.2 Å². The first-order chi connectivity index (χ1) is 31.8. The van der Waals surface area contributed by atoms with Crippen LogP contribution in [0.3, 0.4) is 0 Å². The van der Waals surface area contributed by atoms with Gasteiger partial charge in [0.1, 0.15) is 11.5 Å². The summed E-state index contributed by atoms with van der Waals surface area (Å²) in [6.45, 7) is 33.0. The molecule has 10 heteroatoms. The van der Waals surface area contributed by atoms with Gasteiger partial charge in [-0.15, -0.1) is 0 Å². The molecular weight excluding hydrogens is 881 g/mol. The Balaban J connectivity index is 0.000000201. The van der Waals surface area contributed by atoms with Crippen LogP contribution in [-0.2, 0) is 40.8 Å². The maximum absolute atomic E-state index is 12.6. The van der Waals surface area contributed by atoms with E-state index in [2.05, 4.69) is 118 Å². The zero-order valence-electron chi connectivity index (χ0n) is 45.4. The molecule has 0 N–H and O–H groups in total. The van der Waals surface area contributed by atoms with E-state index in [-0.39, 0.29) is 56.9 Å². The second-order valence-electron chi connectivity index (χ2n) is 25.7. The summed E-state index contributed by atoms with van der Waals surface area (Å²) < 4.78 is 36.3. The molecular formula is C58H92O8Si2. The third kappa shape index (κ3) is 10.2. The van der Waals surface area contributed by atoms with Gasteiger partial charge in [0, 0.05) is 0 Å². The monoisotopic (exact) mass is 973 g/mol. The number of rotatable bonds is 12. The van der Waals surface area contributed by atoms with Crippen molar-refractivity contribution in [2.24, 2.45) is 46.3 Å². The summed E-state index contributed by atoms with van der Waals surface area (Å²) in [4.78, 5) is 25.3. The van der Waals surface area contributed by atoms with Crippen LogP contribution in [-0.4, -0.2) is 68.2 Å². The Kier molecular flexibility index (Phi) is 15.7. The minimum Gasteiger partial charge on any atom is -0.497 e. The second-order valence-corrected chi connectivity index (χ2v) is 35.2. The van der Waals surface area contributed by atoms with E-state index in [1.54, 1.807) is 14.2 Å². The lowest BCUT2D eigenvalue weighted by Crippen LogP contribution is -2.52. The predicted molar refractivity (Wildman–Crippen MR) is 280 cm³/mol. The molecule has 0 unspecified atom stereocenters. The molecule has 0 amide bonds. The van der Waals surface area contributed by atoms with Crippen molar-refractivity contribution < 1.29 is 37.4 Å². The quantitative estimate of drug-likeness (QED) is 0.153. The van der Waals surface area contributed by atoms with E-state index in [1.165, 1.54) is 60.8 Å². The summed E-state index contributed by atoms with van der Waals surface area (Å²) in [5.41, 5.74) is 6.26. The van der Waals surface area contributed by atoms with Crippen LogP contribution >= 0.6 is 0 Å². The molecule has 4 saturated carbocycles. The fourth-order valence-electron chi connectivity index (χ4n) is 14.3. The van der Waals surface area contributed by atoms with E-state index in [9.17, 15) is 9.59 Å². The van der Waals surface area contributed by atoms with Crippen molar-refractivity contribution in [1.29, 1.82) is 0 Å². The van der Waals surface area contributed by atoms with Crippen LogP contribution in [0, 0.1) is 46.3 Å². The molecule has 8 nitrogen and oxygen atoms in total. The molecule has 6 aliphatic carbocycles. The Morgan fingerprint density at radius 1 is 0.603 bits per heavy atom. The fraction of sp³-hybridized carbons (Fsp3) is 0.759. The molecule has 0 saturated heterocycles. The van der Waals surface area contributed by atoms with Gasteiger partial charge in [-0.3, -0.25) is 9.59 Å².